The first kappa shape index (κ1) is 15.5. The third-order valence-electron chi connectivity index (χ3n) is 4.03. The summed E-state index contributed by atoms with van der Waals surface area (Å²) in [5.74, 6) is 0.712. The van der Waals surface area contributed by atoms with Crippen molar-refractivity contribution in [2.75, 3.05) is 0 Å². The van der Waals surface area contributed by atoms with Crippen molar-refractivity contribution in [3.63, 3.8) is 0 Å². The van der Waals surface area contributed by atoms with Crippen molar-refractivity contribution < 1.29 is 5.11 Å². The second-order valence-electron chi connectivity index (χ2n) is 5.67. The zero-order chi connectivity index (χ0) is 17.2. The van der Waals surface area contributed by atoms with Crippen LogP contribution in [0, 0.1) is 0 Å². The SMILES string of the molecule is Oc1cc(C2N=C(c3ccccc3)N=C2c2ccncc2)ccc1Cl. The van der Waals surface area contributed by atoms with Crippen LogP contribution in [0.1, 0.15) is 22.7 Å². The molecule has 1 aliphatic rings. The minimum absolute atomic E-state index is 0.0385. The van der Waals surface area contributed by atoms with Crippen molar-refractivity contribution in [3.8, 4) is 5.75 Å². The standard InChI is InChI=1S/C20H14ClN3O/c21-16-7-6-15(12-17(16)25)19-18(13-8-10-22-11-9-13)23-20(24-19)14-4-2-1-3-5-14/h1-12,19,25H. The first-order chi connectivity index (χ1) is 12.2. The van der Waals surface area contributed by atoms with Gasteiger partial charge in [-0.05, 0) is 29.8 Å². The van der Waals surface area contributed by atoms with Crippen LogP contribution in [0.3, 0.4) is 0 Å². The van der Waals surface area contributed by atoms with E-state index in [2.05, 4.69) is 4.98 Å². The maximum atomic E-state index is 9.97. The molecule has 0 fully saturated rings. The van der Waals surface area contributed by atoms with E-state index in [0.717, 1.165) is 22.4 Å². The zero-order valence-corrected chi connectivity index (χ0v) is 13.9. The van der Waals surface area contributed by atoms with E-state index >= 15 is 0 Å². The molecule has 1 atom stereocenters. The van der Waals surface area contributed by atoms with Crippen LogP contribution in [0.2, 0.25) is 5.02 Å². The monoisotopic (exact) mass is 347 g/mol. The number of hydrogen-bond acceptors (Lipinski definition) is 4. The van der Waals surface area contributed by atoms with E-state index in [9.17, 15) is 5.11 Å². The third-order valence-corrected chi connectivity index (χ3v) is 4.35. The molecule has 2 aromatic carbocycles. The number of benzene rings is 2. The molecule has 0 radical (unpaired) electrons. The second kappa shape index (κ2) is 6.49. The number of phenolic OH excluding ortho intramolecular Hbond substituents is 1. The molecule has 3 aromatic rings. The summed E-state index contributed by atoms with van der Waals surface area (Å²) in [6, 6.07) is 18.5. The average molecular weight is 348 g/mol. The van der Waals surface area contributed by atoms with Crippen LogP contribution < -0.4 is 0 Å². The van der Waals surface area contributed by atoms with Crippen molar-refractivity contribution >= 4 is 23.1 Å². The van der Waals surface area contributed by atoms with Gasteiger partial charge >= 0.3 is 0 Å². The molecule has 1 unspecified atom stereocenters. The molecular weight excluding hydrogens is 334 g/mol. The fourth-order valence-electron chi connectivity index (χ4n) is 2.79. The number of halogens is 1. The Hall–Kier alpha value is -2.98. The highest BCUT2D eigenvalue weighted by molar-refractivity contribution is 6.32. The molecular formula is C20H14ClN3O. The number of rotatable bonds is 3. The van der Waals surface area contributed by atoms with Crippen LogP contribution in [0.15, 0.2) is 83.0 Å². The number of hydrogen-bond donors (Lipinski definition) is 1. The van der Waals surface area contributed by atoms with Crippen LogP contribution in [-0.2, 0) is 0 Å². The Kier molecular flexibility index (Phi) is 4.04. The molecule has 1 aliphatic heterocycles. The van der Waals surface area contributed by atoms with E-state index in [0.29, 0.717) is 10.9 Å². The maximum Gasteiger partial charge on any atom is 0.155 e. The summed E-state index contributed by atoms with van der Waals surface area (Å²) in [4.78, 5) is 13.6. The highest BCUT2D eigenvalue weighted by Crippen LogP contribution is 2.33. The summed E-state index contributed by atoms with van der Waals surface area (Å²) < 4.78 is 0. The van der Waals surface area contributed by atoms with Crippen molar-refractivity contribution in [1.29, 1.82) is 0 Å². The number of pyridine rings is 1. The summed E-state index contributed by atoms with van der Waals surface area (Å²) in [6.45, 7) is 0. The molecule has 0 saturated heterocycles. The minimum atomic E-state index is -0.305. The van der Waals surface area contributed by atoms with Gasteiger partial charge in [-0.25, -0.2) is 4.99 Å². The zero-order valence-electron chi connectivity index (χ0n) is 13.2. The van der Waals surface area contributed by atoms with E-state index < -0.39 is 0 Å². The summed E-state index contributed by atoms with van der Waals surface area (Å²) in [7, 11) is 0. The number of aromatic nitrogens is 1. The fourth-order valence-corrected chi connectivity index (χ4v) is 2.91. The number of amidine groups is 1. The molecule has 0 spiro atoms. The molecule has 0 saturated carbocycles. The molecule has 4 rings (SSSR count). The van der Waals surface area contributed by atoms with Crippen LogP contribution in [0.5, 0.6) is 5.75 Å². The highest BCUT2D eigenvalue weighted by Gasteiger charge is 2.27. The van der Waals surface area contributed by atoms with Crippen molar-refractivity contribution in [2.24, 2.45) is 9.98 Å². The van der Waals surface area contributed by atoms with E-state index in [1.54, 1.807) is 24.5 Å². The van der Waals surface area contributed by atoms with Gasteiger partial charge in [-0.3, -0.25) is 9.98 Å². The second-order valence-corrected chi connectivity index (χ2v) is 6.07. The van der Waals surface area contributed by atoms with Gasteiger partial charge in [0, 0.05) is 23.5 Å². The Balaban J connectivity index is 1.83. The fraction of sp³-hybridized carbons (Fsp3) is 0.0500. The molecule has 2 heterocycles. The van der Waals surface area contributed by atoms with Gasteiger partial charge in [-0.1, -0.05) is 48.0 Å². The Labute approximate surface area is 150 Å². The first-order valence-corrected chi connectivity index (χ1v) is 8.21. The molecule has 4 nitrogen and oxygen atoms in total. The van der Waals surface area contributed by atoms with Crippen molar-refractivity contribution in [3.05, 3.63) is 94.8 Å². The lowest BCUT2D eigenvalue weighted by atomic mass is 9.98. The van der Waals surface area contributed by atoms with Crippen molar-refractivity contribution in [2.45, 2.75) is 6.04 Å². The smallest absolute Gasteiger partial charge is 0.155 e. The van der Waals surface area contributed by atoms with Crippen LogP contribution >= 0.6 is 11.6 Å². The quantitative estimate of drug-likeness (QED) is 0.761. The van der Waals surface area contributed by atoms with Crippen molar-refractivity contribution in [1.82, 2.24) is 4.98 Å². The van der Waals surface area contributed by atoms with Gasteiger partial charge in [0.2, 0.25) is 0 Å². The molecule has 1 aromatic heterocycles. The third kappa shape index (κ3) is 3.04. The van der Waals surface area contributed by atoms with Gasteiger partial charge in [0.1, 0.15) is 11.8 Å². The maximum absolute atomic E-state index is 9.97. The molecule has 1 N–H and O–H groups in total. The van der Waals surface area contributed by atoms with Gasteiger partial charge in [0.05, 0.1) is 10.7 Å². The minimum Gasteiger partial charge on any atom is -0.506 e. The normalized spacial score (nSPS) is 16.4. The lowest BCUT2D eigenvalue weighted by Crippen LogP contribution is -2.09. The molecule has 0 aliphatic carbocycles. The molecule has 122 valence electrons. The summed E-state index contributed by atoms with van der Waals surface area (Å²) >= 11 is 5.94. The molecule has 0 bridgehead atoms. The van der Waals surface area contributed by atoms with E-state index in [1.807, 2.05) is 48.5 Å². The van der Waals surface area contributed by atoms with Gasteiger partial charge in [0.15, 0.2) is 5.84 Å². The number of phenols is 1. The van der Waals surface area contributed by atoms with E-state index in [-0.39, 0.29) is 11.8 Å². The Morgan fingerprint density at radius 3 is 2.36 bits per heavy atom. The predicted octanol–water partition coefficient (Wildman–Crippen LogP) is 4.43. The van der Waals surface area contributed by atoms with Crippen LogP contribution in [-0.4, -0.2) is 21.6 Å². The van der Waals surface area contributed by atoms with Crippen LogP contribution in [0.4, 0.5) is 0 Å². The van der Waals surface area contributed by atoms with Gasteiger partial charge < -0.3 is 5.11 Å². The summed E-state index contributed by atoms with van der Waals surface area (Å²) in [5, 5.41) is 10.3. The van der Waals surface area contributed by atoms with Gasteiger partial charge in [-0.2, -0.15) is 0 Å². The lowest BCUT2D eigenvalue weighted by Gasteiger charge is -2.12. The first-order valence-electron chi connectivity index (χ1n) is 7.83. The average Bonchev–Trinajstić information content (AvgIpc) is 3.11. The van der Waals surface area contributed by atoms with E-state index in [1.165, 1.54) is 0 Å². The number of aromatic hydroxyl groups is 1. The highest BCUT2D eigenvalue weighted by atomic mass is 35.5. The Morgan fingerprint density at radius 2 is 1.64 bits per heavy atom. The van der Waals surface area contributed by atoms with Gasteiger partial charge in [-0.15, -0.1) is 0 Å². The lowest BCUT2D eigenvalue weighted by molar-refractivity contribution is 0.474. The molecule has 25 heavy (non-hydrogen) atoms. The number of aliphatic imine (C=N–C) groups is 2. The number of nitrogens with zero attached hydrogens (tertiary/aromatic N) is 3. The topological polar surface area (TPSA) is 57.8 Å². The predicted molar refractivity (Wildman–Crippen MR) is 99.6 cm³/mol. The van der Waals surface area contributed by atoms with Gasteiger partial charge in [0.25, 0.3) is 0 Å². The molecule has 5 heteroatoms. The molecule has 0 amide bonds. The summed E-state index contributed by atoms with van der Waals surface area (Å²) in [6.07, 6.45) is 3.46. The largest absolute Gasteiger partial charge is 0.506 e. The Bertz CT molecular complexity index is 969. The summed E-state index contributed by atoms with van der Waals surface area (Å²) in [5.41, 5.74) is 3.56. The van der Waals surface area contributed by atoms with E-state index in [4.69, 9.17) is 21.6 Å². The Morgan fingerprint density at radius 1 is 0.880 bits per heavy atom. The van der Waals surface area contributed by atoms with Crippen LogP contribution in [0.25, 0.3) is 0 Å².